The molecule has 0 amide bonds. The van der Waals surface area contributed by atoms with Gasteiger partial charge in [-0.05, 0) is 6.92 Å². The summed E-state index contributed by atoms with van der Waals surface area (Å²) in [5, 5.41) is 8.78. The van der Waals surface area contributed by atoms with Crippen molar-refractivity contribution in [1.29, 1.82) is 5.26 Å². The fraction of sp³-hybridized carbons (Fsp3) is 0.273. The van der Waals surface area contributed by atoms with E-state index in [0.717, 1.165) is 10.6 Å². The molecule has 1 heterocycles. The van der Waals surface area contributed by atoms with Crippen LogP contribution in [-0.2, 0) is 16.1 Å². The molecular formula is C11H11N3O4. The standard InChI is InChI=1S/C11H11N3O4/c1-7(2)10(16)18-4-3-14-8(6-12)5-9(15)13-11(14)17/h5H,1,3-4H2,2H3,(H,13,15,17). The molecule has 0 unspecified atom stereocenters. The van der Waals surface area contributed by atoms with Crippen LogP contribution < -0.4 is 11.2 Å². The molecule has 0 saturated carbocycles. The first kappa shape index (κ1) is 13.4. The Balaban J connectivity index is 2.84. The average molecular weight is 249 g/mol. The molecule has 7 heteroatoms. The number of nitriles is 1. The van der Waals surface area contributed by atoms with Gasteiger partial charge in [-0.3, -0.25) is 14.3 Å². The van der Waals surface area contributed by atoms with Gasteiger partial charge in [-0.2, -0.15) is 5.26 Å². The van der Waals surface area contributed by atoms with Crippen molar-refractivity contribution in [2.45, 2.75) is 13.5 Å². The molecule has 0 atom stereocenters. The number of esters is 1. The maximum Gasteiger partial charge on any atom is 0.333 e. The van der Waals surface area contributed by atoms with Crippen LogP contribution in [0.4, 0.5) is 0 Å². The lowest BCUT2D eigenvalue weighted by molar-refractivity contribution is -0.139. The van der Waals surface area contributed by atoms with Crippen LogP contribution in [0.3, 0.4) is 0 Å². The van der Waals surface area contributed by atoms with Gasteiger partial charge in [0.1, 0.15) is 18.4 Å². The van der Waals surface area contributed by atoms with Crippen molar-refractivity contribution >= 4 is 5.97 Å². The Labute approximate surface area is 102 Å². The van der Waals surface area contributed by atoms with Crippen molar-refractivity contribution in [3.8, 4) is 6.07 Å². The van der Waals surface area contributed by atoms with Crippen molar-refractivity contribution in [2.24, 2.45) is 0 Å². The van der Waals surface area contributed by atoms with Gasteiger partial charge in [0.25, 0.3) is 5.56 Å². The number of hydrogen-bond acceptors (Lipinski definition) is 5. The highest BCUT2D eigenvalue weighted by molar-refractivity contribution is 5.86. The van der Waals surface area contributed by atoms with Crippen LogP contribution in [0, 0.1) is 11.3 Å². The third-order valence-electron chi connectivity index (χ3n) is 2.04. The molecule has 94 valence electrons. The second-order valence-electron chi connectivity index (χ2n) is 3.50. The summed E-state index contributed by atoms with van der Waals surface area (Å²) in [7, 11) is 0. The topological polar surface area (TPSA) is 105 Å². The molecule has 0 aliphatic rings. The zero-order valence-corrected chi connectivity index (χ0v) is 9.73. The summed E-state index contributed by atoms with van der Waals surface area (Å²) >= 11 is 0. The van der Waals surface area contributed by atoms with Crippen LogP contribution in [0.15, 0.2) is 27.8 Å². The molecule has 7 nitrogen and oxygen atoms in total. The van der Waals surface area contributed by atoms with E-state index in [9.17, 15) is 14.4 Å². The lowest BCUT2D eigenvalue weighted by Crippen LogP contribution is -2.32. The molecule has 0 spiro atoms. The SMILES string of the molecule is C=C(C)C(=O)OCCn1c(C#N)cc(=O)[nH]c1=O. The Bertz CT molecular complexity index is 633. The van der Waals surface area contributed by atoms with E-state index in [4.69, 9.17) is 10.00 Å². The largest absolute Gasteiger partial charge is 0.460 e. The number of aromatic amines is 1. The normalized spacial score (nSPS) is 9.56. The molecule has 0 aliphatic carbocycles. The van der Waals surface area contributed by atoms with Crippen LogP contribution >= 0.6 is 0 Å². The summed E-state index contributed by atoms with van der Waals surface area (Å²) in [5.74, 6) is -0.578. The highest BCUT2D eigenvalue weighted by atomic mass is 16.5. The Morgan fingerprint density at radius 3 is 2.83 bits per heavy atom. The van der Waals surface area contributed by atoms with E-state index in [-0.39, 0.29) is 24.4 Å². The predicted molar refractivity (Wildman–Crippen MR) is 61.8 cm³/mol. The lowest BCUT2D eigenvalue weighted by atomic mass is 10.4. The third-order valence-corrected chi connectivity index (χ3v) is 2.04. The minimum Gasteiger partial charge on any atom is -0.460 e. The maximum atomic E-state index is 11.4. The van der Waals surface area contributed by atoms with E-state index >= 15 is 0 Å². The Morgan fingerprint density at radius 2 is 2.28 bits per heavy atom. The average Bonchev–Trinajstić information content (AvgIpc) is 2.30. The van der Waals surface area contributed by atoms with Crippen molar-refractivity contribution in [3.05, 3.63) is 44.8 Å². The van der Waals surface area contributed by atoms with Gasteiger partial charge in [0.15, 0.2) is 0 Å². The van der Waals surface area contributed by atoms with Crippen LogP contribution in [0.2, 0.25) is 0 Å². The minimum atomic E-state index is -0.717. The van der Waals surface area contributed by atoms with E-state index in [2.05, 4.69) is 6.58 Å². The maximum absolute atomic E-state index is 11.4. The smallest absolute Gasteiger partial charge is 0.333 e. The van der Waals surface area contributed by atoms with Gasteiger partial charge in [0.05, 0.1) is 6.54 Å². The molecule has 1 aromatic rings. The van der Waals surface area contributed by atoms with E-state index in [1.54, 1.807) is 6.07 Å². The predicted octanol–water partition coefficient (Wildman–Crippen LogP) is -0.472. The Morgan fingerprint density at radius 1 is 1.61 bits per heavy atom. The molecular weight excluding hydrogens is 238 g/mol. The van der Waals surface area contributed by atoms with Gasteiger partial charge in [0.2, 0.25) is 0 Å². The number of rotatable bonds is 4. The minimum absolute atomic E-state index is 0.0163. The Kier molecular flexibility index (Phi) is 4.21. The molecule has 1 rings (SSSR count). The summed E-state index contributed by atoms with van der Waals surface area (Å²) in [5.41, 5.74) is -1.21. The second kappa shape index (κ2) is 5.63. The van der Waals surface area contributed by atoms with Gasteiger partial charge in [-0.1, -0.05) is 6.58 Å². The number of carbonyl (C=O) groups is 1. The van der Waals surface area contributed by atoms with Gasteiger partial charge in [-0.25, -0.2) is 9.59 Å². The van der Waals surface area contributed by atoms with E-state index in [1.807, 2.05) is 4.98 Å². The van der Waals surface area contributed by atoms with E-state index in [0.29, 0.717) is 0 Å². The molecule has 1 aromatic heterocycles. The number of aromatic nitrogens is 2. The molecule has 18 heavy (non-hydrogen) atoms. The highest BCUT2D eigenvalue weighted by Gasteiger charge is 2.07. The van der Waals surface area contributed by atoms with Crippen LogP contribution in [0.5, 0.6) is 0 Å². The zero-order chi connectivity index (χ0) is 13.7. The third kappa shape index (κ3) is 3.18. The number of ether oxygens (including phenoxy) is 1. The van der Waals surface area contributed by atoms with Crippen LogP contribution in [0.1, 0.15) is 12.6 Å². The fourth-order valence-electron chi connectivity index (χ4n) is 1.19. The first-order chi connectivity index (χ1) is 8.45. The first-order valence-corrected chi connectivity index (χ1v) is 5.02. The number of carbonyl (C=O) groups excluding carboxylic acids is 1. The van der Waals surface area contributed by atoms with E-state index < -0.39 is 17.2 Å². The zero-order valence-electron chi connectivity index (χ0n) is 9.73. The van der Waals surface area contributed by atoms with Crippen molar-refractivity contribution in [3.63, 3.8) is 0 Å². The molecule has 0 fully saturated rings. The monoisotopic (exact) mass is 249 g/mol. The van der Waals surface area contributed by atoms with Gasteiger partial charge in [-0.15, -0.1) is 0 Å². The summed E-state index contributed by atoms with van der Waals surface area (Å²) in [6.45, 7) is 4.79. The molecule has 0 radical (unpaired) electrons. The molecule has 0 aliphatic heterocycles. The van der Waals surface area contributed by atoms with Gasteiger partial charge >= 0.3 is 11.7 Å². The molecule has 1 N–H and O–H groups in total. The van der Waals surface area contributed by atoms with E-state index in [1.165, 1.54) is 6.92 Å². The quantitative estimate of drug-likeness (QED) is 0.573. The van der Waals surface area contributed by atoms with Crippen molar-refractivity contribution in [1.82, 2.24) is 9.55 Å². The highest BCUT2D eigenvalue weighted by Crippen LogP contribution is 1.94. The fourth-order valence-corrected chi connectivity index (χ4v) is 1.19. The Hall–Kier alpha value is -2.62. The number of nitrogens with zero attached hydrogens (tertiary/aromatic N) is 2. The summed E-state index contributed by atoms with van der Waals surface area (Å²) < 4.78 is 5.81. The first-order valence-electron chi connectivity index (χ1n) is 5.02. The number of H-pyrrole nitrogens is 1. The molecule has 0 saturated heterocycles. The van der Waals surface area contributed by atoms with Crippen molar-refractivity contribution in [2.75, 3.05) is 6.61 Å². The summed E-state index contributed by atoms with van der Waals surface area (Å²) in [6.07, 6.45) is 0. The molecule has 0 bridgehead atoms. The van der Waals surface area contributed by atoms with Crippen molar-refractivity contribution < 1.29 is 9.53 Å². The van der Waals surface area contributed by atoms with Crippen LogP contribution in [0.25, 0.3) is 0 Å². The van der Waals surface area contributed by atoms with Crippen LogP contribution in [-0.4, -0.2) is 22.1 Å². The second-order valence-corrected chi connectivity index (χ2v) is 3.50. The summed E-state index contributed by atoms with van der Waals surface area (Å²) in [4.78, 5) is 35.5. The van der Waals surface area contributed by atoms with Gasteiger partial charge in [0, 0.05) is 11.6 Å². The summed E-state index contributed by atoms with van der Waals surface area (Å²) in [6, 6.07) is 2.73. The number of hydrogen-bond donors (Lipinski definition) is 1. The lowest BCUT2D eigenvalue weighted by Gasteiger charge is -2.07. The number of nitrogens with one attached hydrogen (secondary N) is 1. The molecule has 0 aromatic carbocycles. The van der Waals surface area contributed by atoms with Gasteiger partial charge < -0.3 is 4.74 Å².